The fraction of sp³-hybridized carbons (Fsp3) is 0.257. The van der Waals surface area contributed by atoms with Gasteiger partial charge < -0.3 is 19.9 Å². The second-order valence-corrected chi connectivity index (χ2v) is 10.8. The molecule has 1 atom stereocenters. The average Bonchev–Trinajstić information content (AvgIpc) is 3.31. The van der Waals surface area contributed by atoms with Gasteiger partial charge in [-0.25, -0.2) is 0 Å². The number of amides is 2. The Balaban J connectivity index is 1.12. The molecule has 2 heterocycles. The highest BCUT2D eigenvalue weighted by atomic mass is 16.5. The summed E-state index contributed by atoms with van der Waals surface area (Å²) in [6.45, 7) is 3.88. The van der Waals surface area contributed by atoms with Crippen LogP contribution in [0.1, 0.15) is 49.6 Å². The first-order chi connectivity index (χ1) is 20.6. The molecule has 1 saturated heterocycles. The molecule has 0 aromatic heterocycles. The quantitative estimate of drug-likeness (QED) is 0.295. The zero-order valence-corrected chi connectivity index (χ0v) is 23.9. The summed E-state index contributed by atoms with van der Waals surface area (Å²) in [5, 5.41) is 3.50. The van der Waals surface area contributed by atoms with Crippen molar-refractivity contribution in [2.24, 2.45) is 0 Å². The van der Waals surface area contributed by atoms with E-state index in [4.69, 9.17) is 4.74 Å². The molecule has 0 spiro atoms. The number of fused-ring (bicyclic) bond motifs is 1. The summed E-state index contributed by atoms with van der Waals surface area (Å²) in [6.07, 6.45) is -0.291. The number of nitrogens with zero attached hydrogens (tertiary/aromatic N) is 3. The molecule has 4 aromatic rings. The first kappa shape index (κ1) is 27.7. The van der Waals surface area contributed by atoms with Crippen molar-refractivity contribution in [1.29, 1.82) is 0 Å². The first-order valence-corrected chi connectivity index (χ1v) is 14.5. The van der Waals surface area contributed by atoms with E-state index >= 15 is 0 Å². The molecule has 1 fully saturated rings. The number of carbonyl (C=O) groups is 2. The molecule has 7 heteroatoms. The van der Waals surface area contributed by atoms with E-state index < -0.39 is 0 Å². The molecular formula is C35H36N4O3. The maximum absolute atomic E-state index is 13.5. The summed E-state index contributed by atoms with van der Waals surface area (Å²) in [7, 11) is 1.64. The van der Waals surface area contributed by atoms with E-state index in [1.54, 1.807) is 12.0 Å². The molecule has 4 aromatic carbocycles. The Bertz CT molecular complexity index is 1460. The van der Waals surface area contributed by atoms with Gasteiger partial charge in [-0.15, -0.1) is 0 Å². The average molecular weight is 561 g/mol. The topological polar surface area (TPSA) is 65.1 Å². The third-order valence-corrected chi connectivity index (χ3v) is 8.23. The van der Waals surface area contributed by atoms with Crippen LogP contribution in [0.15, 0.2) is 109 Å². The van der Waals surface area contributed by atoms with Crippen molar-refractivity contribution in [1.82, 2.24) is 14.7 Å². The van der Waals surface area contributed by atoms with Gasteiger partial charge in [0.15, 0.2) is 0 Å². The molecule has 6 rings (SSSR count). The molecule has 2 aliphatic heterocycles. The third-order valence-electron chi connectivity index (χ3n) is 8.23. The SMILES string of the molecule is COCCN1C(=O)c2ccccc2C1Nc1ccc(C(=O)N2CCN(C(c3ccccc3)c3ccccc3)CC2)cc1. The van der Waals surface area contributed by atoms with Gasteiger partial charge in [-0.05, 0) is 41.5 Å². The number of carbonyl (C=O) groups excluding carboxylic acids is 2. The van der Waals surface area contributed by atoms with Gasteiger partial charge in [-0.3, -0.25) is 14.5 Å². The Morgan fingerprint density at radius 1 is 0.810 bits per heavy atom. The van der Waals surface area contributed by atoms with Crippen molar-refractivity contribution in [3.63, 3.8) is 0 Å². The highest BCUT2D eigenvalue weighted by Crippen LogP contribution is 2.34. The minimum Gasteiger partial charge on any atom is -0.383 e. The smallest absolute Gasteiger partial charge is 0.256 e. The molecule has 7 nitrogen and oxygen atoms in total. The monoisotopic (exact) mass is 560 g/mol. The van der Waals surface area contributed by atoms with Crippen LogP contribution >= 0.6 is 0 Å². The van der Waals surface area contributed by atoms with Crippen molar-refractivity contribution in [3.05, 3.63) is 137 Å². The molecule has 1 N–H and O–H groups in total. The van der Waals surface area contributed by atoms with Crippen LogP contribution in [-0.2, 0) is 4.74 Å². The van der Waals surface area contributed by atoms with Crippen molar-refractivity contribution in [2.45, 2.75) is 12.2 Å². The summed E-state index contributed by atoms with van der Waals surface area (Å²) in [5.74, 6) is 0.0353. The second-order valence-electron chi connectivity index (χ2n) is 10.8. The molecular weight excluding hydrogens is 524 g/mol. The Morgan fingerprint density at radius 3 is 2.02 bits per heavy atom. The molecule has 0 aliphatic carbocycles. The van der Waals surface area contributed by atoms with Crippen LogP contribution < -0.4 is 5.32 Å². The van der Waals surface area contributed by atoms with Gasteiger partial charge in [0.25, 0.3) is 11.8 Å². The number of piperazine rings is 1. The summed E-state index contributed by atoms with van der Waals surface area (Å²) in [4.78, 5) is 32.7. The van der Waals surface area contributed by atoms with E-state index in [0.717, 1.165) is 24.3 Å². The summed E-state index contributed by atoms with van der Waals surface area (Å²) in [6, 6.07) is 36.6. The van der Waals surface area contributed by atoms with Crippen molar-refractivity contribution >= 4 is 17.5 Å². The van der Waals surface area contributed by atoms with Crippen LogP contribution in [0.2, 0.25) is 0 Å². The molecule has 42 heavy (non-hydrogen) atoms. The van der Waals surface area contributed by atoms with E-state index in [1.165, 1.54) is 11.1 Å². The second kappa shape index (κ2) is 12.6. The van der Waals surface area contributed by atoms with Crippen LogP contribution in [0.25, 0.3) is 0 Å². The fourth-order valence-electron chi connectivity index (χ4n) is 6.06. The van der Waals surface area contributed by atoms with Gasteiger partial charge in [-0.1, -0.05) is 78.9 Å². The summed E-state index contributed by atoms with van der Waals surface area (Å²) < 4.78 is 5.25. The van der Waals surface area contributed by atoms with E-state index in [2.05, 4.69) is 58.7 Å². The lowest BCUT2D eigenvalue weighted by Gasteiger charge is -2.39. The van der Waals surface area contributed by atoms with Crippen LogP contribution in [0.3, 0.4) is 0 Å². The minimum atomic E-state index is -0.291. The third kappa shape index (κ3) is 5.66. The normalized spacial score (nSPS) is 17.0. The number of rotatable bonds is 9. The molecule has 0 bridgehead atoms. The van der Waals surface area contributed by atoms with Gasteiger partial charge >= 0.3 is 0 Å². The number of hydrogen-bond donors (Lipinski definition) is 1. The lowest BCUT2D eigenvalue weighted by atomic mass is 9.96. The fourth-order valence-corrected chi connectivity index (χ4v) is 6.06. The predicted molar refractivity (Wildman–Crippen MR) is 164 cm³/mol. The van der Waals surface area contributed by atoms with Crippen LogP contribution in [0.5, 0.6) is 0 Å². The summed E-state index contributed by atoms with van der Waals surface area (Å²) >= 11 is 0. The zero-order valence-electron chi connectivity index (χ0n) is 23.9. The van der Waals surface area contributed by atoms with Crippen molar-refractivity contribution < 1.29 is 14.3 Å². The number of ether oxygens (including phenoxy) is 1. The largest absolute Gasteiger partial charge is 0.383 e. The van der Waals surface area contributed by atoms with E-state index in [0.29, 0.717) is 37.4 Å². The number of methoxy groups -OCH3 is 1. The highest BCUT2D eigenvalue weighted by molar-refractivity contribution is 5.99. The van der Waals surface area contributed by atoms with Crippen molar-refractivity contribution in [3.8, 4) is 0 Å². The number of hydrogen-bond acceptors (Lipinski definition) is 5. The number of nitrogens with one attached hydrogen (secondary N) is 1. The Labute approximate surface area is 247 Å². The predicted octanol–water partition coefficient (Wildman–Crippen LogP) is 5.45. The van der Waals surface area contributed by atoms with Gasteiger partial charge in [0, 0.05) is 62.2 Å². The van der Waals surface area contributed by atoms with E-state index in [9.17, 15) is 9.59 Å². The maximum Gasteiger partial charge on any atom is 0.256 e. The van der Waals surface area contributed by atoms with E-state index in [-0.39, 0.29) is 24.0 Å². The zero-order chi connectivity index (χ0) is 28.9. The van der Waals surface area contributed by atoms with Gasteiger partial charge in [0.1, 0.15) is 6.17 Å². The Hall–Kier alpha value is -4.46. The molecule has 0 saturated carbocycles. The van der Waals surface area contributed by atoms with Gasteiger partial charge in [-0.2, -0.15) is 0 Å². The van der Waals surface area contributed by atoms with Crippen molar-refractivity contribution in [2.75, 3.05) is 51.8 Å². The van der Waals surface area contributed by atoms with Gasteiger partial charge in [0.05, 0.1) is 12.6 Å². The Kier molecular flexibility index (Phi) is 8.30. The molecule has 214 valence electrons. The maximum atomic E-state index is 13.5. The van der Waals surface area contributed by atoms with Crippen LogP contribution in [-0.4, -0.2) is 73.0 Å². The molecule has 0 radical (unpaired) electrons. The van der Waals surface area contributed by atoms with E-state index in [1.807, 2.05) is 65.6 Å². The lowest BCUT2D eigenvalue weighted by molar-refractivity contribution is 0.0597. The Morgan fingerprint density at radius 2 is 1.40 bits per heavy atom. The highest BCUT2D eigenvalue weighted by Gasteiger charge is 2.36. The van der Waals surface area contributed by atoms with Gasteiger partial charge in [0.2, 0.25) is 0 Å². The van der Waals surface area contributed by atoms with Crippen LogP contribution in [0, 0.1) is 0 Å². The standard InChI is InChI=1S/C35H36N4O3/c1-42-25-24-39-33(30-14-8-9-15-31(30)35(39)41)36-29-18-16-28(17-19-29)34(40)38-22-20-37(21-23-38)32(26-10-4-2-5-11-26)27-12-6-3-7-13-27/h2-19,32-33,36H,20-25H2,1H3. The molecule has 1 unspecified atom stereocenters. The first-order valence-electron chi connectivity index (χ1n) is 14.5. The molecule has 2 amide bonds. The number of anilines is 1. The lowest BCUT2D eigenvalue weighted by Crippen LogP contribution is -2.49. The summed E-state index contributed by atoms with van der Waals surface area (Å²) in [5.41, 5.74) is 5.69. The van der Waals surface area contributed by atoms with Crippen LogP contribution in [0.4, 0.5) is 5.69 Å². The molecule has 2 aliphatic rings. The number of benzene rings is 4. The minimum absolute atomic E-state index is 0.00661.